The number of furan rings is 1. The number of rotatable bonds is 5. The highest BCUT2D eigenvalue weighted by atomic mass is 32.2. The summed E-state index contributed by atoms with van der Waals surface area (Å²) < 4.78 is 30.5. The zero-order valence-electron chi connectivity index (χ0n) is 12.0. The lowest BCUT2D eigenvalue weighted by molar-refractivity contribution is 0.326. The average Bonchev–Trinajstić information content (AvgIpc) is 3.12. The van der Waals surface area contributed by atoms with E-state index in [9.17, 15) is 8.42 Å². The lowest BCUT2D eigenvalue weighted by Crippen LogP contribution is -2.33. The van der Waals surface area contributed by atoms with E-state index in [1.165, 1.54) is 50.2 Å². The van der Waals surface area contributed by atoms with Crippen molar-refractivity contribution in [2.24, 2.45) is 11.8 Å². The van der Waals surface area contributed by atoms with E-state index in [4.69, 9.17) is 4.42 Å². The van der Waals surface area contributed by atoms with Gasteiger partial charge in [-0.1, -0.05) is 6.42 Å². The van der Waals surface area contributed by atoms with Gasteiger partial charge in [0.15, 0.2) is 0 Å². The van der Waals surface area contributed by atoms with Gasteiger partial charge in [-0.3, -0.25) is 0 Å². The van der Waals surface area contributed by atoms with E-state index in [-0.39, 0.29) is 5.09 Å². The molecule has 1 aromatic heterocycles. The molecule has 1 N–H and O–H groups in total. The van der Waals surface area contributed by atoms with Crippen molar-refractivity contribution in [3.63, 3.8) is 0 Å². The van der Waals surface area contributed by atoms with Crippen LogP contribution in [0, 0.1) is 11.8 Å². The van der Waals surface area contributed by atoms with E-state index in [0.29, 0.717) is 18.3 Å². The molecule has 1 aromatic rings. The summed E-state index contributed by atoms with van der Waals surface area (Å²) in [4.78, 5) is 0. The number of sulfonamides is 1. The third-order valence-corrected chi connectivity index (χ3v) is 6.34. The topological polar surface area (TPSA) is 62.6 Å². The van der Waals surface area contributed by atoms with E-state index in [2.05, 4.69) is 5.32 Å². The second kappa shape index (κ2) is 5.16. The Hall–Kier alpha value is -0.850. The van der Waals surface area contributed by atoms with Crippen LogP contribution in [0.3, 0.4) is 0 Å². The Morgan fingerprint density at radius 2 is 2.10 bits per heavy atom. The normalized spacial score (nSPS) is 29.4. The van der Waals surface area contributed by atoms with Gasteiger partial charge in [-0.05, 0) is 43.2 Å². The number of hydrogen-bond acceptors (Lipinski definition) is 4. The zero-order valence-corrected chi connectivity index (χ0v) is 12.8. The van der Waals surface area contributed by atoms with Gasteiger partial charge >= 0.3 is 0 Å². The second-order valence-electron chi connectivity index (χ2n) is 6.17. The third kappa shape index (κ3) is 2.52. The quantitative estimate of drug-likeness (QED) is 0.900. The Bertz CT molecular complexity index is 579. The minimum Gasteiger partial charge on any atom is -0.447 e. The maximum atomic E-state index is 11.9. The second-order valence-corrected chi connectivity index (χ2v) is 8.25. The molecule has 0 spiro atoms. The van der Waals surface area contributed by atoms with Gasteiger partial charge in [0, 0.05) is 20.1 Å². The van der Waals surface area contributed by atoms with Gasteiger partial charge in [0.25, 0.3) is 10.0 Å². The fourth-order valence-corrected chi connectivity index (χ4v) is 4.31. The average molecular weight is 298 g/mol. The van der Waals surface area contributed by atoms with Crippen LogP contribution < -0.4 is 5.32 Å². The first-order valence-corrected chi connectivity index (χ1v) is 8.65. The van der Waals surface area contributed by atoms with Crippen molar-refractivity contribution in [3.05, 3.63) is 17.9 Å². The summed E-state index contributed by atoms with van der Waals surface area (Å²) in [7, 11) is -0.453. The van der Waals surface area contributed by atoms with Crippen LogP contribution in [0.4, 0.5) is 0 Å². The molecule has 3 atom stereocenters. The predicted molar refractivity (Wildman–Crippen MR) is 75.7 cm³/mol. The van der Waals surface area contributed by atoms with Crippen LogP contribution in [0.15, 0.2) is 21.6 Å². The molecule has 6 heteroatoms. The minimum absolute atomic E-state index is 0.0206. The molecular formula is C14H22N2O3S. The van der Waals surface area contributed by atoms with E-state index in [0.717, 1.165) is 11.8 Å². The molecular weight excluding hydrogens is 276 g/mol. The first kappa shape index (κ1) is 14.1. The first-order valence-electron chi connectivity index (χ1n) is 7.21. The van der Waals surface area contributed by atoms with Crippen molar-refractivity contribution >= 4 is 10.0 Å². The van der Waals surface area contributed by atoms with Crippen LogP contribution in [0.2, 0.25) is 0 Å². The molecule has 0 aliphatic heterocycles. The van der Waals surface area contributed by atoms with Crippen LogP contribution in [0.1, 0.15) is 31.4 Å². The fraction of sp³-hybridized carbons (Fsp3) is 0.714. The van der Waals surface area contributed by atoms with E-state index >= 15 is 0 Å². The molecule has 0 aromatic carbocycles. The van der Waals surface area contributed by atoms with Crippen molar-refractivity contribution in [2.45, 2.75) is 43.4 Å². The first-order chi connectivity index (χ1) is 9.46. The lowest BCUT2D eigenvalue weighted by Gasteiger charge is -2.22. The van der Waals surface area contributed by atoms with E-state index in [1.54, 1.807) is 6.07 Å². The molecule has 3 rings (SSSR count). The van der Waals surface area contributed by atoms with E-state index < -0.39 is 10.0 Å². The highest BCUT2D eigenvalue weighted by Gasteiger charge is 2.39. The van der Waals surface area contributed by atoms with Crippen LogP contribution in [-0.4, -0.2) is 32.9 Å². The fourth-order valence-electron chi connectivity index (χ4n) is 3.50. The van der Waals surface area contributed by atoms with Crippen LogP contribution in [0.5, 0.6) is 0 Å². The van der Waals surface area contributed by atoms with Crippen molar-refractivity contribution < 1.29 is 12.8 Å². The van der Waals surface area contributed by atoms with Crippen molar-refractivity contribution in [2.75, 3.05) is 14.1 Å². The summed E-state index contributed by atoms with van der Waals surface area (Å²) in [6, 6.07) is 3.86. The molecule has 1 heterocycles. The predicted octanol–water partition coefficient (Wildman–Crippen LogP) is 1.81. The Morgan fingerprint density at radius 1 is 1.30 bits per heavy atom. The molecule has 2 aliphatic rings. The maximum absolute atomic E-state index is 11.9. The van der Waals surface area contributed by atoms with Gasteiger partial charge in [-0.25, -0.2) is 12.7 Å². The summed E-state index contributed by atoms with van der Waals surface area (Å²) in [5, 5.41) is 3.54. The molecule has 3 unspecified atom stereocenters. The SMILES string of the molecule is CN(C)S(=O)(=O)c1ccc(CNC2CC3CCC2C3)o1. The van der Waals surface area contributed by atoms with Crippen LogP contribution >= 0.6 is 0 Å². The van der Waals surface area contributed by atoms with Crippen LogP contribution in [0.25, 0.3) is 0 Å². The van der Waals surface area contributed by atoms with Crippen LogP contribution in [-0.2, 0) is 16.6 Å². The molecule has 20 heavy (non-hydrogen) atoms. The summed E-state index contributed by atoms with van der Waals surface area (Å²) >= 11 is 0. The summed E-state index contributed by atoms with van der Waals surface area (Å²) in [5.74, 6) is 2.40. The van der Waals surface area contributed by atoms with Crippen molar-refractivity contribution in [1.82, 2.24) is 9.62 Å². The molecule has 0 saturated heterocycles. The van der Waals surface area contributed by atoms with Gasteiger partial charge in [0.2, 0.25) is 5.09 Å². The molecule has 2 aliphatic carbocycles. The third-order valence-electron chi connectivity index (χ3n) is 4.65. The van der Waals surface area contributed by atoms with Gasteiger partial charge in [-0.2, -0.15) is 0 Å². The minimum atomic E-state index is -3.46. The Morgan fingerprint density at radius 3 is 2.70 bits per heavy atom. The molecule has 0 radical (unpaired) electrons. The summed E-state index contributed by atoms with van der Waals surface area (Å²) in [5.41, 5.74) is 0. The maximum Gasteiger partial charge on any atom is 0.275 e. The van der Waals surface area contributed by atoms with Gasteiger partial charge in [0.1, 0.15) is 5.76 Å². The molecule has 2 saturated carbocycles. The molecule has 0 amide bonds. The monoisotopic (exact) mass is 298 g/mol. The number of fused-ring (bicyclic) bond motifs is 2. The van der Waals surface area contributed by atoms with E-state index in [1.807, 2.05) is 0 Å². The van der Waals surface area contributed by atoms with Gasteiger partial charge in [-0.15, -0.1) is 0 Å². The number of hydrogen-bond donors (Lipinski definition) is 1. The van der Waals surface area contributed by atoms with Crippen molar-refractivity contribution in [3.8, 4) is 0 Å². The Balaban J connectivity index is 1.61. The lowest BCUT2D eigenvalue weighted by atomic mass is 9.95. The number of nitrogens with zero attached hydrogens (tertiary/aromatic N) is 1. The Kier molecular flexibility index (Phi) is 3.64. The van der Waals surface area contributed by atoms with Crippen molar-refractivity contribution in [1.29, 1.82) is 0 Å². The smallest absolute Gasteiger partial charge is 0.275 e. The molecule has 5 nitrogen and oxygen atoms in total. The Labute approximate surface area is 120 Å². The van der Waals surface area contributed by atoms with Gasteiger partial charge in [0.05, 0.1) is 6.54 Å². The highest BCUT2D eigenvalue weighted by molar-refractivity contribution is 7.88. The largest absolute Gasteiger partial charge is 0.447 e. The summed E-state index contributed by atoms with van der Waals surface area (Å²) in [6.07, 6.45) is 5.33. The zero-order chi connectivity index (χ0) is 14.3. The molecule has 2 bridgehead atoms. The number of nitrogens with one attached hydrogen (secondary N) is 1. The standard InChI is InChI=1S/C14H22N2O3S/c1-16(2)20(17,18)14-6-5-12(19-14)9-15-13-8-10-3-4-11(13)7-10/h5-6,10-11,13,15H,3-4,7-9H2,1-2H3. The highest BCUT2D eigenvalue weighted by Crippen LogP contribution is 2.44. The van der Waals surface area contributed by atoms with Gasteiger partial charge < -0.3 is 9.73 Å². The molecule has 2 fully saturated rings. The molecule has 112 valence electrons. The summed E-state index contributed by atoms with van der Waals surface area (Å²) in [6.45, 7) is 0.608.